The maximum absolute atomic E-state index is 12.5. The van der Waals surface area contributed by atoms with Gasteiger partial charge in [-0.25, -0.2) is 0 Å². The molecule has 1 amide bonds. The number of ether oxygens (including phenoxy) is 1. The van der Waals surface area contributed by atoms with Crippen molar-refractivity contribution in [2.75, 3.05) is 19.0 Å². The van der Waals surface area contributed by atoms with Gasteiger partial charge in [0.2, 0.25) is 0 Å². The lowest BCUT2D eigenvalue weighted by molar-refractivity contribution is 0.0949. The molecule has 3 rings (SSSR count). The molecule has 0 aliphatic rings. The van der Waals surface area contributed by atoms with Crippen LogP contribution in [0.25, 0.3) is 0 Å². The first-order valence-corrected chi connectivity index (χ1v) is 9.34. The van der Waals surface area contributed by atoms with Gasteiger partial charge in [-0.05, 0) is 60.9 Å². The summed E-state index contributed by atoms with van der Waals surface area (Å²) in [6.45, 7) is 2.47. The van der Waals surface area contributed by atoms with E-state index in [1.165, 1.54) is 0 Å². The molecule has 6 heteroatoms. The highest BCUT2D eigenvalue weighted by Crippen LogP contribution is 2.23. The van der Waals surface area contributed by atoms with Crippen molar-refractivity contribution >= 4 is 28.9 Å². The topological polar surface area (TPSA) is 63.2 Å². The molecule has 0 unspecified atom stereocenters. The maximum Gasteiger partial charge on any atom is 0.269 e. The number of hydrogen-bond acceptors (Lipinski definition) is 4. The molecule has 0 atom stereocenters. The van der Waals surface area contributed by atoms with Crippen LogP contribution in [0.4, 0.5) is 11.4 Å². The van der Waals surface area contributed by atoms with Gasteiger partial charge in [0.1, 0.15) is 11.4 Å². The molecule has 2 aromatic carbocycles. The Morgan fingerprint density at radius 3 is 2.75 bits per heavy atom. The Morgan fingerprint density at radius 1 is 1.14 bits per heavy atom. The van der Waals surface area contributed by atoms with Crippen LogP contribution in [0.3, 0.4) is 0 Å². The van der Waals surface area contributed by atoms with Crippen LogP contribution in [0.2, 0.25) is 5.02 Å². The normalized spacial score (nSPS) is 10.4. The lowest BCUT2D eigenvalue weighted by Gasteiger charge is -2.11. The molecule has 0 fully saturated rings. The average Bonchev–Trinajstić information content (AvgIpc) is 2.70. The van der Waals surface area contributed by atoms with Crippen LogP contribution in [0.15, 0.2) is 60.8 Å². The first-order valence-electron chi connectivity index (χ1n) is 8.96. The number of aryl methyl sites for hydroxylation is 1. The number of carbonyl (C=O) groups is 1. The molecule has 0 aliphatic carbocycles. The minimum Gasteiger partial charge on any atom is -0.496 e. The number of nitrogens with one attached hydrogen (secondary N) is 2. The fourth-order valence-electron chi connectivity index (χ4n) is 2.87. The second-order valence-electron chi connectivity index (χ2n) is 6.33. The molecule has 2 N–H and O–H groups in total. The van der Waals surface area contributed by atoms with Gasteiger partial charge in [0.25, 0.3) is 5.91 Å². The third-order valence-corrected chi connectivity index (χ3v) is 4.57. The molecular weight excluding hydrogens is 374 g/mol. The summed E-state index contributed by atoms with van der Waals surface area (Å²) in [5, 5.41) is 6.89. The second-order valence-corrected chi connectivity index (χ2v) is 6.77. The Balaban J connectivity index is 1.62. The lowest BCUT2D eigenvalue weighted by atomic mass is 10.1. The van der Waals surface area contributed by atoms with Crippen molar-refractivity contribution in [2.45, 2.75) is 13.3 Å². The standard InChI is InChI=1S/C22H22ClN3O2/c1-15-13-17(23)7-8-19(15)26-18-10-12-24-20(14-18)22(27)25-11-9-16-5-3-4-6-21(16)28-2/h3-8,10,12-14H,9,11H2,1-2H3,(H,24,26)(H,25,27). The maximum atomic E-state index is 12.5. The zero-order chi connectivity index (χ0) is 19.9. The first kappa shape index (κ1) is 19.7. The summed E-state index contributed by atoms with van der Waals surface area (Å²) in [6.07, 6.45) is 2.29. The van der Waals surface area contributed by atoms with Crippen molar-refractivity contribution in [1.82, 2.24) is 10.3 Å². The minimum atomic E-state index is -0.216. The van der Waals surface area contributed by atoms with E-state index in [1.54, 1.807) is 19.4 Å². The van der Waals surface area contributed by atoms with Crippen LogP contribution in [0, 0.1) is 6.92 Å². The predicted molar refractivity (Wildman–Crippen MR) is 113 cm³/mol. The Labute approximate surface area is 169 Å². The number of hydrogen-bond donors (Lipinski definition) is 2. The number of aromatic nitrogens is 1. The molecule has 3 aromatic rings. The SMILES string of the molecule is COc1ccccc1CCNC(=O)c1cc(Nc2ccc(Cl)cc2C)ccn1. The molecule has 144 valence electrons. The molecule has 0 aliphatic heterocycles. The third-order valence-electron chi connectivity index (χ3n) is 4.33. The Hall–Kier alpha value is -3.05. The highest BCUT2D eigenvalue weighted by Gasteiger charge is 2.09. The summed E-state index contributed by atoms with van der Waals surface area (Å²) >= 11 is 6.00. The van der Waals surface area contributed by atoms with E-state index in [-0.39, 0.29) is 5.91 Å². The number of halogens is 1. The van der Waals surface area contributed by atoms with Crippen molar-refractivity contribution in [1.29, 1.82) is 0 Å². The quantitative estimate of drug-likeness (QED) is 0.605. The fourth-order valence-corrected chi connectivity index (χ4v) is 3.09. The van der Waals surface area contributed by atoms with Crippen LogP contribution < -0.4 is 15.4 Å². The zero-order valence-corrected chi connectivity index (χ0v) is 16.6. The summed E-state index contributed by atoms with van der Waals surface area (Å²) in [5.41, 5.74) is 4.14. The number of rotatable bonds is 7. The largest absolute Gasteiger partial charge is 0.496 e. The number of nitrogens with zero attached hydrogens (tertiary/aromatic N) is 1. The van der Waals surface area contributed by atoms with Crippen molar-refractivity contribution in [3.8, 4) is 5.75 Å². The highest BCUT2D eigenvalue weighted by atomic mass is 35.5. The van der Waals surface area contributed by atoms with Crippen LogP contribution in [-0.2, 0) is 6.42 Å². The Bertz CT molecular complexity index is 976. The number of para-hydroxylation sites is 1. The molecule has 0 saturated heterocycles. The van der Waals surface area contributed by atoms with Crippen LogP contribution in [-0.4, -0.2) is 24.5 Å². The summed E-state index contributed by atoms with van der Waals surface area (Å²) in [5.74, 6) is 0.603. The van der Waals surface area contributed by atoms with Gasteiger partial charge in [0, 0.05) is 29.1 Å². The summed E-state index contributed by atoms with van der Waals surface area (Å²) in [6, 6.07) is 16.9. The van der Waals surface area contributed by atoms with Gasteiger partial charge < -0.3 is 15.4 Å². The van der Waals surface area contributed by atoms with Gasteiger partial charge >= 0.3 is 0 Å². The minimum absolute atomic E-state index is 0.216. The molecule has 1 aromatic heterocycles. The van der Waals surface area contributed by atoms with Crippen LogP contribution >= 0.6 is 11.6 Å². The van der Waals surface area contributed by atoms with Crippen LogP contribution in [0.1, 0.15) is 21.6 Å². The number of pyridine rings is 1. The fraction of sp³-hybridized carbons (Fsp3) is 0.182. The van der Waals surface area contributed by atoms with E-state index in [0.717, 1.165) is 28.3 Å². The van der Waals surface area contributed by atoms with Crippen molar-refractivity contribution < 1.29 is 9.53 Å². The monoisotopic (exact) mass is 395 g/mol. The lowest BCUT2D eigenvalue weighted by Crippen LogP contribution is -2.26. The first-order chi connectivity index (χ1) is 13.6. The zero-order valence-electron chi connectivity index (χ0n) is 15.8. The van der Waals surface area contributed by atoms with E-state index in [2.05, 4.69) is 15.6 Å². The van der Waals surface area contributed by atoms with Crippen molar-refractivity contribution in [2.24, 2.45) is 0 Å². The summed E-state index contributed by atoms with van der Waals surface area (Å²) in [7, 11) is 1.64. The molecule has 28 heavy (non-hydrogen) atoms. The van der Waals surface area contributed by atoms with E-state index in [0.29, 0.717) is 23.7 Å². The second kappa shape index (κ2) is 9.24. The predicted octanol–water partition coefficient (Wildman–Crippen LogP) is 4.77. The Morgan fingerprint density at radius 2 is 1.96 bits per heavy atom. The van der Waals surface area contributed by atoms with E-state index in [1.807, 2.05) is 55.5 Å². The van der Waals surface area contributed by atoms with Gasteiger partial charge in [-0.2, -0.15) is 0 Å². The Kier molecular flexibility index (Phi) is 6.50. The molecular formula is C22H22ClN3O2. The van der Waals surface area contributed by atoms with E-state index >= 15 is 0 Å². The molecule has 5 nitrogen and oxygen atoms in total. The van der Waals surface area contributed by atoms with Crippen LogP contribution in [0.5, 0.6) is 5.75 Å². The molecule has 1 heterocycles. The average molecular weight is 396 g/mol. The molecule has 0 saturated carbocycles. The van der Waals surface area contributed by atoms with E-state index < -0.39 is 0 Å². The van der Waals surface area contributed by atoms with E-state index in [4.69, 9.17) is 16.3 Å². The number of carbonyl (C=O) groups excluding carboxylic acids is 1. The van der Waals surface area contributed by atoms with Gasteiger partial charge in [-0.15, -0.1) is 0 Å². The summed E-state index contributed by atoms with van der Waals surface area (Å²) < 4.78 is 5.34. The number of amides is 1. The summed E-state index contributed by atoms with van der Waals surface area (Å²) in [4.78, 5) is 16.6. The van der Waals surface area contributed by atoms with Gasteiger partial charge in [0.15, 0.2) is 0 Å². The third kappa shape index (κ3) is 5.02. The molecule has 0 spiro atoms. The van der Waals surface area contributed by atoms with Gasteiger partial charge in [-0.1, -0.05) is 29.8 Å². The number of benzene rings is 2. The van der Waals surface area contributed by atoms with Crippen molar-refractivity contribution in [3.05, 3.63) is 82.6 Å². The smallest absolute Gasteiger partial charge is 0.269 e. The van der Waals surface area contributed by atoms with Gasteiger partial charge in [-0.3, -0.25) is 9.78 Å². The molecule has 0 radical (unpaired) electrons. The van der Waals surface area contributed by atoms with Crippen molar-refractivity contribution in [3.63, 3.8) is 0 Å². The molecule has 0 bridgehead atoms. The number of methoxy groups -OCH3 is 1. The van der Waals surface area contributed by atoms with E-state index in [9.17, 15) is 4.79 Å². The number of anilines is 2. The highest BCUT2D eigenvalue weighted by molar-refractivity contribution is 6.30. The van der Waals surface area contributed by atoms with Gasteiger partial charge in [0.05, 0.1) is 7.11 Å².